The van der Waals surface area contributed by atoms with Crippen molar-refractivity contribution in [2.45, 2.75) is 39.7 Å². The molecule has 0 amide bonds. The van der Waals surface area contributed by atoms with Crippen LogP contribution in [-0.4, -0.2) is 24.1 Å². The zero-order valence-electron chi connectivity index (χ0n) is 12.6. The lowest BCUT2D eigenvalue weighted by atomic mass is 10.1. The lowest BCUT2D eigenvalue weighted by Crippen LogP contribution is -2.34. The number of hydrogen-bond acceptors (Lipinski definition) is 2. The molecule has 0 bridgehead atoms. The summed E-state index contributed by atoms with van der Waals surface area (Å²) in [5, 5.41) is 3.57. The fraction of sp³-hybridized carbons (Fsp3) is 0.625. The van der Waals surface area contributed by atoms with Gasteiger partial charge in [0.1, 0.15) is 5.82 Å². The second kappa shape index (κ2) is 9.80. The van der Waals surface area contributed by atoms with Crippen LogP contribution in [0.1, 0.15) is 32.8 Å². The zero-order valence-corrected chi connectivity index (χ0v) is 15.0. The fourth-order valence-corrected chi connectivity index (χ4v) is 3.64. The molecule has 1 unspecified atom stereocenters. The Balaban J connectivity index is 2.57. The molecule has 0 saturated carbocycles. The van der Waals surface area contributed by atoms with Crippen molar-refractivity contribution >= 4 is 27.7 Å². The first-order chi connectivity index (χ1) is 9.51. The second-order valence-corrected chi connectivity index (χ2v) is 7.55. The number of benzene rings is 1. The first-order valence-electron chi connectivity index (χ1n) is 7.27. The van der Waals surface area contributed by atoms with Gasteiger partial charge in [0.05, 0.1) is 0 Å². The monoisotopic (exact) mass is 361 g/mol. The molecule has 20 heavy (non-hydrogen) atoms. The number of nitrogens with one attached hydrogen (secondary N) is 1. The molecule has 1 aromatic carbocycles. The van der Waals surface area contributed by atoms with Crippen molar-refractivity contribution < 1.29 is 4.39 Å². The van der Waals surface area contributed by atoms with E-state index in [1.807, 2.05) is 17.8 Å². The highest BCUT2D eigenvalue weighted by Gasteiger charge is 2.11. The predicted molar refractivity (Wildman–Crippen MR) is 92.0 cm³/mol. The van der Waals surface area contributed by atoms with Gasteiger partial charge < -0.3 is 5.32 Å². The van der Waals surface area contributed by atoms with Crippen LogP contribution in [0.2, 0.25) is 0 Å². The number of hydrogen-bond donors (Lipinski definition) is 1. The minimum atomic E-state index is -0.168. The molecule has 1 aromatic rings. The predicted octanol–water partition coefficient (Wildman–Crippen LogP) is 4.89. The van der Waals surface area contributed by atoms with Crippen LogP contribution in [0.25, 0.3) is 0 Å². The van der Waals surface area contributed by atoms with Crippen molar-refractivity contribution in [1.82, 2.24) is 5.32 Å². The number of rotatable bonds is 9. The number of halogens is 2. The third-order valence-electron chi connectivity index (χ3n) is 2.86. The Hall–Kier alpha value is -0.0600. The van der Waals surface area contributed by atoms with Gasteiger partial charge in [0.2, 0.25) is 0 Å². The van der Waals surface area contributed by atoms with Crippen LogP contribution in [0.4, 0.5) is 4.39 Å². The Bertz CT molecular complexity index is 378. The molecule has 4 heteroatoms. The molecule has 1 atom stereocenters. The van der Waals surface area contributed by atoms with E-state index in [0.29, 0.717) is 6.04 Å². The van der Waals surface area contributed by atoms with Gasteiger partial charge in [-0.05, 0) is 54.8 Å². The average molecular weight is 362 g/mol. The van der Waals surface area contributed by atoms with Gasteiger partial charge >= 0.3 is 0 Å². The molecule has 0 heterocycles. The summed E-state index contributed by atoms with van der Waals surface area (Å²) in [6.07, 6.45) is 2.00. The molecule has 0 saturated heterocycles. The summed E-state index contributed by atoms with van der Waals surface area (Å²) in [6, 6.07) is 5.56. The average Bonchev–Trinajstić information content (AvgIpc) is 2.34. The van der Waals surface area contributed by atoms with Crippen molar-refractivity contribution in [2.24, 2.45) is 5.92 Å². The fourth-order valence-electron chi connectivity index (χ4n) is 2.00. The molecule has 0 fully saturated rings. The van der Waals surface area contributed by atoms with E-state index in [9.17, 15) is 4.39 Å². The topological polar surface area (TPSA) is 12.0 Å². The van der Waals surface area contributed by atoms with Crippen LogP contribution in [0.5, 0.6) is 0 Å². The molecule has 0 aliphatic rings. The maximum absolute atomic E-state index is 13.4. The van der Waals surface area contributed by atoms with E-state index in [1.54, 1.807) is 6.07 Å². The van der Waals surface area contributed by atoms with Crippen LogP contribution in [0.15, 0.2) is 22.7 Å². The maximum Gasteiger partial charge on any atom is 0.124 e. The van der Waals surface area contributed by atoms with Crippen molar-refractivity contribution in [2.75, 3.05) is 18.1 Å². The van der Waals surface area contributed by atoms with Crippen molar-refractivity contribution in [3.8, 4) is 0 Å². The van der Waals surface area contributed by atoms with E-state index in [-0.39, 0.29) is 5.82 Å². The smallest absolute Gasteiger partial charge is 0.124 e. The molecule has 0 radical (unpaired) electrons. The van der Waals surface area contributed by atoms with Crippen LogP contribution in [-0.2, 0) is 6.42 Å². The molecule has 1 nitrogen and oxygen atoms in total. The molecule has 0 spiro atoms. The van der Waals surface area contributed by atoms with E-state index < -0.39 is 0 Å². The maximum atomic E-state index is 13.4. The van der Waals surface area contributed by atoms with Crippen LogP contribution in [0, 0.1) is 11.7 Å². The molecular formula is C16H25BrFNS. The van der Waals surface area contributed by atoms with Crippen LogP contribution >= 0.6 is 27.7 Å². The first-order valence-corrected chi connectivity index (χ1v) is 9.22. The first kappa shape index (κ1) is 18.0. The van der Waals surface area contributed by atoms with Gasteiger partial charge in [0.25, 0.3) is 0 Å². The standard InChI is InChI=1S/C16H25BrFNS/c1-4-5-19-16(11-20-10-12(2)3)8-13-6-14(17)9-15(18)7-13/h6-7,9,12,16,19H,4-5,8,10-11H2,1-3H3. The Morgan fingerprint density at radius 3 is 2.60 bits per heavy atom. The molecule has 0 aliphatic carbocycles. The van der Waals surface area contributed by atoms with E-state index in [4.69, 9.17) is 0 Å². The molecule has 1 N–H and O–H groups in total. The van der Waals surface area contributed by atoms with Crippen molar-refractivity contribution in [3.63, 3.8) is 0 Å². The summed E-state index contributed by atoms with van der Waals surface area (Å²) in [4.78, 5) is 0. The highest BCUT2D eigenvalue weighted by molar-refractivity contribution is 9.10. The van der Waals surface area contributed by atoms with Gasteiger partial charge in [0.15, 0.2) is 0 Å². The summed E-state index contributed by atoms with van der Waals surface area (Å²) < 4.78 is 14.2. The van der Waals surface area contributed by atoms with Gasteiger partial charge in [0, 0.05) is 16.3 Å². The quantitative estimate of drug-likeness (QED) is 0.671. The SMILES string of the molecule is CCCNC(CSCC(C)C)Cc1cc(F)cc(Br)c1. The molecule has 0 aromatic heterocycles. The Morgan fingerprint density at radius 2 is 2.00 bits per heavy atom. The Labute approximate surface area is 135 Å². The van der Waals surface area contributed by atoms with Gasteiger partial charge in [-0.15, -0.1) is 0 Å². The second-order valence-electron chi connectivity index (χ2n) is 5.56. The van der Waals surface area contributed by atoms with Crippen molar-refractivity contribution in [3.05, 3.63) is 34.1 Å². The van der Waals surface area contributed by atoms with E-state index in [1.165, 1.54) is 11.8 Å². The minimum absolute atomic E-state index is 0.168. The molecular weight excluding hydrogens is 337 g/mol. The summed E-state index contributed by atoms with van der Waals surface area (Å²) >= 11 is 5.34. The van der Waals surface area contributed by atoms with Crippen LogP contribution in [0.3, 0.4) is 0 Å². The lowest BCUT2D eigenvalue weighted by molar-refractivity contribution is 0.547. The Morgan fingerprint density at radius 1 is 1.25 bits per heavy atom. The van der Waals surface area contributed by atoms with Gasteiger partial charge in [-0.3, -0.25) is 0 Å². The third kappa shape index (κ3) is 7.65. The highest BCUT2D eigenvalue weighted by Crippen LogP contribution is 2.18. The van der Waals surface area contributed by atoms with Gasteiger partial charge in [-0.1, -0.05) is 36.7 Å². The van der Waals surface area contributed by atoms with Crippen molar-refractivity contribution in [1.29, 1.82) is 0 Å². The zero-order chi connectivity index (χ0) is 15.0. The molecule has 0 aliphatic heterocycles. The minimum Gasteiger partial charge on any atom is -0.313 e. The summed E-state index contributed by atoms with van der Waals surface area (Å²) in [5.41, 5.74) is 1.05. The van der Waals surface area contributed by atoms with E-state index >= 15 is 0 Å². The Kier molecular flexibility index (Phi) is 8.82. The summed E-state index contributed by atoms with van der Waals surface area (Å²) in [6.45, 7) is 7.67. The highest BCUT2D eigenvalue weighted by atomic mass is 79.9. The van der Waals surface area contributed by atoms with E-state index in [0.717, 1.165) is 41.1 Å². The third-order valence-corrected chi connectivity index (χ3v) is 4.86. The number of thioether (sulfide) groups is 1. The van der Waals surface area contributed by atoms with Gasteiger partial charge in [-0.25, -0.2) is 4.39 Å². The van der Waals surface area contributed by atoms with Gasteiger partial charge in [-0.2, -0.15) is 11.8 Å². The van der Waals surface area contributed by atoms with Crippen LogP contribution < -0.4 is 5.32 Å². The normalized spacial score (nSPS) is 12.9. The largest absolute Gasteiger partial charge is 0.313 e. The molecule has 114 valence electrons. The van der Waals surface area contributed by atoms with E-state index in [2.05, 4.69) is 42.0 Å². The summed E-state index contributed by atoms with van der Waals surface area (Å²) in [5.74, 6) is 2.80. The lowest BCUT2D eigenvalue weighted by Gasteiger charge is -2.19. The molecule has 1 rings (SSSR count). The summed E-state index contributed by atoms with van der Waals surface area (Å²) in [7, 11) is 0.